The number of ether oxygens (including phenoxy) is 2. The molecule has 21 heavy (non-hydrogen) atoms. The highest BCUT2D eigenvalue weighted by Crippen LogP contribution is 2.53. The lowest BCUT2D eigenvalue weighted by atomic mass is 9.58. The molecule has 1 aromatic rings. The first-order chi connectivity index (χ1) is 10.1. The molecule has 4 nitrogen and oxygen atoms in total. The predicted octanol–water partition coefficient (Wildman–Crippen LogP) is 3.89. The average molecular weight is 290 g/mol. The molecular weight excluding hydrogens is 268 g/mol. The van der Waals surface area contributed by atoms with Gasteiger partial charge in [0.2, 0.25) is 0 Å². The molecule has 0 bridgehead atoms. The number of aromatic carboxylic acids is 1. The number of hydrogen-bond donors (Lipinski definition) is 1. The highest BCUT2D eigenvalue weighted by atomic mass is 16.5. The summed E-state index contributed by atoms with van der Waals surface area (Å²) in [4.78, 5) is 11.0. The SMILES string of the molecule is COc1cc(C(=O)O)ccc1OC1CCC12CCCCC2. The molecule has 1 spiro atoms. The number of carboxylic acid groups (broad SMARTS) is 1. The summed E-state index contributed by atoms with van der Waals surface area (Å²) < 4.78 is 11.5. The van der Waals surface area contributed by atoms with Crippen LogP contribution in [-0.4, -0.2) is 24.3 Å². The number of benzene rings is 1. The largest absolute Gasteiger partial charge is 0.493 e. The molecule has 1 N–H and O–H groups in total. The van der Waals surface area contributed by atoms with Crippen molar-refractivity contribution in [3.63, 3.8) is 0 Å². The number of hydrogen-bond acceptors (Lipinski definition) is 3. The summed E-state index contributed by atoms with van der Waals surface area (Å²) in [7, 11) is 1.55. The number of carboxylic acids is 1. The van der Waals surface area contributed by atoms with Gasteiger partial charge in [0, 0.05) is 5.41 Å². The van der Waals surface area contributed by atoms with E-state index in [0.717, 1.165) is 6.42 Å². The Hall–Kier alpha value is -1.71. The van der Waals surface area contributed by atoms with E-state index in [0.29, 0.717) is 16.9 Å². The van der Waals surface area contributed by atoms with Gasteiger partial charge in [-0.1, -0.05) is 19.3 Å². The van der Waals surface area contributed by atoms with Gasteiger partial charge in [0.15, 0.2) is 11.5 Å². The normalized spacial score (nSPS) is 23.4. The molecule has 0 aromatic heterocycles. The van der Waals surface area contributed by atoms with E-state index >= 15 is 0 Å². The van der Waals surface area contributed by atoms with Crippen LogP contribution >= 0.6 is 0 Å². The van der Waals surface area contributed by atoms with Crippen LogP contribution in [0.1, 0.15) is 55.3 Å². The lowest BCUT2D eigenvalue weighted by Crippen LogP contribution is -2.49. The van der Waals surface area contributed by atoms with Crippen molar-refractivity contribution in [3.05, 3.63) is 23.8 Å². The lowest BCUT2D eigenvalue weighted by Gasteiger charge is -2.51. The van der Waals surface area contributed by atoms with E-state index in [-0.39, 0.29) is 11.7 Å². The van der Waals surface area contributed by atoms with E-state index in [1.54, 1.807) is 19.2 Å². The zero-order valence-corrected chi connectivity index (χ0v) is 12.4. The summed E-state index contributed by atoms with van der Waals surface area (Å²) >= 11 is 0. The van der Waals surface area contributed by atoms with Crippen LogP contribution in [0.2, 0.25) is 0 Å². The van der Waals surface area contributed by atoms with Crippen LogP contribution in [0.3, 0.4) is 0 Å². The monoisotopic (exact) mass is 290 g/mol. The molecule has 2 aliphatic carbocycles. The zero-order chi connectivity index (χ0) is 14.9. The highest BCUT2D eigenvalue weighted by Gasteiger charge is 2.48. The van der Waals surface area contributed by atoms with Crippen LogP contribution < -0.4 is 9.47 Å². The van der Waals surface area contributed by atoms with Crippen molar-refractivity contribution in [2.24, 2.45) is 5.41 Å². The van der Waals surface area contributed by atoms with Crippen LogP contribution in [0.25, 0.3) is 0 Å². The minimum atomic E-state index is -0.952. The second-order valence-corrected chi connectivity index (χ2v) is 6.24. The van der Waals surface area contributed by atoms with E-state index in [9.17, 15) is 4.79 Å². The minimum Gasteiger partial charge on any atom is -0.493 e. The molecule has 2 saturated carbocycles. The van der Waals surface area contributed by atoms with Crippen molar-refractivity contribution in [2.75, 3.05) is 7.11 Å². The van der Waals surface area contributed by atoms with Crippen molar-refractivity contribution >= 4 is 5.97 Å². The Balaban J connectivity index is 1.77. The molecule has 0 radical (unpaired) electrons. The molecule has 0 saturated heterocycles. The van der Waals surface area contributed by atoms with E-state index in [1.165, 1.54) is 44.6 Å². The smallest absolute Gasteiger partial charge is 0.335 e. The van der Waals surface area contributed by atoms with Crippen molar-refractivity contribution in [3.8, 4) is 11.5 Å². The Kier molecular flexibility index (Phi) is 3.79. The maximum Gasteiger partial charge on any atom is 0.335 e. The summed E-state index contributed by atoms with van der Waals surface area (Å²) in [5.41, 5.74) is 0.578. The summed E-state index contributed by atoms with van der Waals surface area (Å²) in [6.45, 7) is 0. The first-order valence-electron chi connectivity index (χ1n) is 7.73. The first-order valence-corrected chi connectivity index (χ1v) is 7.73. The van der Waals surface area contributed by atoms with Crippen LogP contribution in [0, 0.1) is 5.41 Å². The Labute approximate surface area is 125 Å². The Morgan fingerprint density at radius 2 is 1.95 bits per heavy atom. The molecule has 1 atom stereocenters. The third-order valence-electron chi connectivity index (χ3n) is 5.12. The number of carbonyl (C=O) groups is 1. The molecular formula is C17H22O4. The second kappa shape index (κ2) is 5.58. The fourth-order valence-electron chi connectivity index (χ4n) is 3.73. The number of methoxy groups -OCH3 is 1. The van der Waals surface area contributed by atoms with E-state index in [2.05, 4.69) is 0 Å². The molecule has 4 heteroatoms. The fraction of sp³-hybridized carbons (Fsp3) is 0.588. The standard InChI is InChI=1S/C17H22O4/c1-20-14-11-12(16(18)19)5-6-13(14)21-15-7-10-17(15)8-3-2-4-9-17/h5-6,11,15H,2-4,7-10H2,1H3,(H,18,19). The minimum absolute atomic E-state index is 0.222. The van der Waals surface area contributed by atoms with E-state index in [1.807, 2.05) is 0 Å². The molecule has 3 rings (SSSR count). The molecule has 0 amide bonds. The summed E-state index contributed by atoms with van der Waals surface area (Å²) in [6, 6.07) is 4.83. The zero-order valence-electron chi connectivity index (χ0n) is 12.4. The fourth-order valence-corrected chi connectivity index (χ4v) is 3.73. The highest BCUT2D eigenvalue weighted by molar-refractivity contribution is 5.88. The molecule has 114 valence electrons. The van der Waals surface area contributed by atoms with Gasteiger partial charge in [0.25, 0.3) is 0 Å². The Morgan fingerprint density at radius 1 is 1.19 bits per heavy atom. The Morgan fingerprint density at radius 3 is 2.52 bits per heavy atom. The predicted molar refractivity (Wildman–Crippen MR) is 79.1 cm³/mol. The van der Waals surface area contributed by atoms with Crippen LogP contribution in [0.5, 0.6) is 11.5 Å². The molecule has 2 fully saturated rings. The maximum absolute atomic E-state index is 11.0. The van der Waals surface area contributed by atoms with Gasteiger partial charge in [-0.25, -0.2) is 4.79 Å². The van der Waals surface area contributed by atoms with E-state index in [4.69, 9.17) is 14.6 Å². The third kappa shape index (κ3) is 2.59. The Bertz CT molecular complexity index is 532. The van der Waals surface area contributed by atoms with Gasteiger partial charge in [-0.2, -0.15) is 0 Å². The third-order valence-corrected chi connectivity index (χ3v) is 5.12. The van der Waals surface area contributed by atoms with Gasteiger partial charge in [0.1, 0.15) is 6.10 Å². The lowest BCUT2D eigenvalue weighted by molar-refractivity contribution is -0.0711. The van der Waals surface area contributed by atoms with Crippen LogP contribution in [0.15, 0.2) is 18.2 Å². The van der Waals surface area contributed by atoms with Gasteiger partial charge >= 0.3 is 5.97 Å². The molecule has 2 aliphatic rings. The van der Waals surface area contributed by atoms with Gasteiger partial charge in [-0.3, -0.25) is 0 Å². The molecule has 1 aromatic carbocycles. The summed E-state index contributed by atoms with van der Waals surface area (Å²) in [5, 5.41) is 9.04. The second-order valence-electron chi connectivity index (χ2n) is 6.24. The topological polar surface area (TPSA) is 55.8 Å². The van der Waals surface area contributed by atoms with Crippen LogP contribution in [0.4, 0.5) is 0 Å². The molecule has 0 heterocycles. The summed E-state index contributed by atoms with van der Waals surface area (Å²) in [6.07, 6.45) is 9.05. The van der Waals surface area contributed by atoms with Crippen molar-refractivity contribution in [2.45, 2.75) is 51.0 Å². The maximum atomic E-state index is 11.0. The van der Waals surface area contributed by atoms with E-state index < -0.39 is 5.97 Å². The summed E-state index contributed by atoms with van der Waals surface area (Å²) in [5.74, 6) is 0.220. The van der Waals surface area contributed by atoms with Crippen molar-refractivity contribution < 1.29 is 19.4 Å². The van der Waals surface area contributed by atoms with Gasteiger partial charge < -0.3 is 14.6 Å². The average Bonchev–Trinajstić information content (AvgIpc) is 2.52. The number of rotatable bonds is 4. The first kappa shape index (κ1) is 14.2. The molecule has 1 unspecified atom stereocenters. The van der Waals surface area contributed by atoms with Gasteiger partial charge in [-0.05, 0) is 43.9 Å². The van der Waals surface area contributed by atoms with Gasteiger partial charge in [0.05, 0.1) is 12.7 Å². The quantitative estimate of drug-likeness (QED) is 0.914. The van der Waals surface area contributed by atoms with Crippen molar-refractivity contribution in [1.82, 2.24) is 0 Å². The van der Waals surface area contributed by atoms with Gasteiger partial charge in [-0.15, -0.1) is 0 Å². The van der Waals surface area contributed by atoms with Crippen molar-refractivity contribution in [1.29, 1.82) is 0 Å². The van der Waals surface area contributed by atoms with Crippen LogP contribution in [-0.2, 0) is 0 Å². The molecule has 0 aliphatic heterocycles.